The van der Waals surface area contributed by atoms with Crippen LogP contribution < -0.4 is 5.69 Å². The average molecular weight is 471 g/mol. The summed E-state index contributed by atoms with van der Waals surface area (Å²) in [6, 6.07) is 6.96. The molecular weight excluding hydrogens is 442 g/mol. The van der Waals surface area contributed by atoms with Gasteiger partial charge in [-0.25, -0.2) is 9.18 Å². The molecule has 2 fully saturated rings. The van der Waals surface area contributed by atoms with E-state index >= 15 is 0 Å². The zero-order valence-electron chi connectivity index (χ0n) is 17.9. The van der Waals surface area contributed by atoms with Crippen molar-refractivity contribution in [3.05, 3.63) is 63.1 Å². The van der Waals surface area contributed by atoms with Crippen LogP contribution in [0.2, 0.25) is 0 Å². The molecule has 0 aliphatic carbocycles. The van der Waals surface area contributed by atoms with Crippen molar-refractivity contribution in [3.63, 3.8) is 0 Å². The van der Waals surface area contributed by atoms with E-state index in [2.05, 4.69) is 21.9 Å². The van der Waals surface area contributed by atoms with Crippen molar-refractivity contribution in [3.8, 4) is 0 Å². The van der Waals surface area contributed by atoms with Crippen LogP contribution in [0, 0.1) is 31.5 Å². The lowest BCUT2D eigenvalue weighted by atomic mass is 9.89. The van der Waals surface area contributed by atoms with Crippen molar-refractivity contribution < 1.29 is 9.18 Å². The highest BCUT2D eigenvalue weighted by atomic mass is 35.5. The summed E-state index contributed by atoms with van der Waals surface area (Å²) in [6.07, 6.45) is 0.967. The number of fused-ring (bicyclic) bond motifs is 1. The van der Waals surface area contributed by atoms with Gasteiger partial charge in [-0.05, 0) is 56.5 Å². The predicted molar refractivity (Wildman–Crippen MR) is 122 cm³/mol. The van der Waals surface area contributed by atoms with Gasteiger partial charge < -0.3 is 9.88 Å². The molecule has 0 radical (unpaired) electrons. The summed E-state index contributed by atoms with van der Waals surface area (Å²) >= 11 is 0. The molecule has 3 heterocycles. The summed E-state index contributed by atoms with van der Waals surface area (Å²) < 4.78 is 13.7. The van der Waals surface area contributed by atoms with E-state index in [0.717, 1.165) is 29.9 Å². The van der Waals surface area contributed by atoms with Crippen molar-refractivity contribution in [2.24, 2.45) is 11.8 Å². The van der Waals surface area contributed by atoms with Crippen LogP contribution in [0.3, 0.4) is 0 Å². The van der Waals surface area contributed by atoms with Gasteiger partial charge in [-0.1, -0.05) is 12.1 Å². The van der Waals surface area contributed by atoms with Crippen LogP contribution in [-0.4, -0.2) is 52.4 Å². The average Bonchev–Trinajstić information content (AvgIpc) is 3.17. The minimum Gasteiger partial charge on any atom is -0.342 e. The van der Waals surface area contributed by atoms with Crippen LogP contribution >= 0.6 is 24.8 Å². The number of aromatic amines is 1. The number of halogens is 3. The summed E-state index contributed by atoms with van der Waals surface area (Å²) in [5, 5.41) is 0. The first-order chi connectivity index (χ1) is 13.8. The Balaban J connectivity index is 0.00000171. The van der Waals surface area contributed by atoms with Gasteiger partial charge in [0.05, 0.1) is 0 Å². The van der Waals surface area contributed by atoms with Gasteiger partial charge in [-0.3, -0.25) is 9.69 Å². The lowest BCUT2D eigenvalue weighted by Gasteiger charge is -2.27. The summed E-state index contributed by atoms with van der Waals surface area (Å²) in [5.74, 6) is 0.648. The number of hydrogen-bond acceptors (Lipinski definition) is 4. The molecular formula is C22H29Cl2FN4O2. The fourth-order valence-corrected chi connectivity index (χ4v) is 5.17. The second-order valence-corrected chi connectivity index (χ2v) is 8.39. The number of likely N-dealkylation sites (tertiary alicyclic amines) is 2. The summed E-state index contributed by atoms with van der Waals surface area (Å²) in [6.45, 7) is 6.02. The molecule has 170 valence electrons. The van der Waals surface area contributed by atoms with E-state index in [9.17, 15) is 14.0 Å². The third kappa shape index (κ3) is 5.10. The number of hydrogen-bond donors (Lipinski definition) is 1. The highest BCUT2D eigenvalue weighted by Crippen LogP contribution is 2.44. The van der Waals surface area contributed by atoms with Crippen molar-refractivity contribution >= 4 is 30.7 Å². The second-order valence-electron chi connectivity index (χ2n) is 8.39. The van der Waals surface area contributed by atoms with Crippen molar-refractivity contribution in [1.29, 1.82) is 0 Å². The molecule has 0 unspecified atom stereocenters. The van der Waals surface area contributed by atoms with Crippen LogP contribution in [0.5, 0.6) is 0 Å². The Labute approximate surface area is 194 Å². The standard InChI is InChI=1S/C22H27FN4O2.2ClH/c1-13-18(14(2)25-22(29)24-13)7-8-20(28)27-11-16-10-26(3)21(19(16)12-27)15-5-4-6-17(23)9-15;;/h4-6,9,16,19,21H,7-8,10-12H2,1-3H3,(H,24,25,29);2*1H/t16-,19+,21-;;/m0../s1. The van der Waals surface area contributed by atoms with E-state index in [-0.39, 0.29) is 48.3 Å². The molecule has 1 amide bonds. The van der Waals surface area contributed by atoms with Crippen LogP contribution in [0.15, 0.2) is 29.1 Å². The number of amides is 1. The number of carbonyl (C=O) groups is 1. The molecule has 6 nitrogen and oxygen atoms in total. The molecule has 2 saturated heterocycles. The van der Waals surface area contributed by atoms with E-state index in [1.807, 2.05) is 24.8 Å². The number of aryl methyl sites for hydroxylation is 2. The molecule has 2 aliphatic heterocycles. The maximum absolute atomic E-state index is 13.7. The molecule has 4 rings (SSSR count). The number of benzene rings is 1. The van der Waals surface area contributed by atoms with Gasteiger partial charge in [0, 0.05) is 49.4 Å². The normalized spacial score (nSPS) is 22.6. The molecule has 2 aliphatic rings. The van der Waals surface area contributed by atoms with Gasteiger partial charge in [0.1, 0.15) is 5.82 Å². The van der Waals surface area contributed by atoms with E-state index in [1.165, 1.54) is 6.07 Å². The number of nitrogens with zero attached hydrogens (tertiary/aromatic N) is 3. The Morgan fingerprint density at radius 1 is 1.23 bits per heavy atom. The van der Waals surface area contributed by atoms with E-state index < -0.39 is 0 Å². The zero-order valence-corrected chi connectivity index (χ0v) is 19.6. The maximum Gasteiger partial charge on any atom is 0.345 e. The Hall–Kier alpha value is -1.96. The smallest absolute Gasteiger partial charge is 0.342 e. The van der Waals surface area contributed by atoms with E-state index in [0.29, 0.717) is 36.9 Å². The number of carbonyl (C=O) groups excluding carboxylic acids is 1. The molecule has 1 N–H and O–H groups in total. The van der Waals surface area contributed by atoms with Crippen LogP contribution in [-0.2, 0) is 11.2 Å². The Kier molecular flexibility index (Phi) is 8.25. The van der Waals surface area contributed by atoms with Crippen molar-refractivity contribution in [2.45, 2.75) is 32.7 Å². The molecule has 9 heteroatoms. The Morgan fingerprint density at radius 2 is 1.97 bits per heavy atom. The highest BCUT2D eigenvalue weighted by Gasteiger charge is 2.47. The molecule has 1 aromatic carbocycles. The van der Waals surface area contributed by atoms with Crippen LogP contribution in [0.1, 0.15) is 35.0 Å². The molecule has 3 atom stereocenters. The van der Waals surface area contributed by atoms with Crippen molar-refractivity contribution in [1.82, 2.24) is 19.8 Å². The SMILES string of the molecule is Cc1nc(=O)[nH]c(C)c1CCC(=O)N1C[C@@H]2CN(C)[C@@H](c3cccc(F)c3)[C@@H]2C1.Cl.Cl. The Morgan fingerprint density at radius 3 is 2.65 bits per heavy atom. The fraction of sp³-hybridized carbons (Fsp3) is 0.500. The quantitative estimate of drug-likeness (QED) is 0.745. The lowest BCUT2D eigenvalue weighted by molar-refractivity contribution is -0.130. The molecule has 0 bridgehead atoms. The van der Waals surface area contributed by atoms with Gasteiger partial charge >= 0.3 is 5.69 Å². The summed E-state index contributed by atoms with van der Waals surface area (Å²) in [7, 11) is 2.08. The number of nitrogens with one attached hydrogen (secondary N) is 1. The van der Waals surface area contributed by atoms with Gasteiger partial charge in [-0.15, -0.1) is 24.8 Å². The second kappa shape index (κ2) is 10.1. The minimum absolute atomic E-state index is 0. The lowest BCUT2D eigenvalue weighted by Crippen LogP contribution is -2.33. The van der Waals surface area contributed by atoms with Crippen LogP contribution in [0.25, 0.3) is 0 Å². The van der Waals surface area contributed by atoms with Crippen molar-refractivity contribution in [2.75, 3.05) is 26.7 Å². The first-order valence-corrected chi connectivity index (χ1v) is 10.1. The van der Waals surface area contributed by atoms with Gasteiger partial charge in [0.25, 0.3) is 0 Å². The number of H-pyrrole nitrogens is 1. The van der Waals surface area contributed by atoms with E-state index in [1.54, 1.807) is 12.1 Å². The first-order valence-electron chi connectivity index (χ1n) is 10.1. The monoisotopic (exact) mass is 470 g/mol. The molecule has 0 saturated carbocycles. The third-order valence-corrected chi connectivity index (χ3v) is 6.48. The molecule has 0 spiro atoms. The first kappa shape index (κ1) is 25.3. The maximum atomic E-state index is 13.7. The molecule has 2 aromatic rings. The predicted octanol–water partition coefficient (Wildman–Crippen LogP) is 3.06. The topological polar surface area (TPSA) is 69.3 Å². The number of aromatic nitrogens is 2. The summed E-state index contributed by atoms with van der Waals surface area (Å²) in [4.78, 5) is 35.2. The number of rotatable bonds is 4. The summed E-state index contributed by atoms with van der Waals surface area (Å²) in [5.41, 5.74) is 3.04. The fourth-order valence-electron chi connectivity index (χ4n) is 5.17. The zero-order chi connectivity index (χ0) is 20.7. The van der Waals surface area contributed by atoms with Crippen LogP contribution in [0.4, 0.5) is 4.39 Å². The minimum atomic E-state index is -0.352. The molecule has 31 heavy (non-hydrogen) atoms. The van der Waals surface area contributed by atoms with Gasteiger partial charge in [-0.2, -0.15) is 4.98 Å². The van der Waals surface area contributed by atoms with Gasteiger partial charge in [0.15, 0.2) is 0 Å². The van der Waals surface area contributed by atoms with E-state index in [4.69, 9.17) is 0 Å². The molecule has 1 aromatic heterocycles. The third-order valence-electron chi connectivity index (χ3n) is 6.48. The Bertz CT molecular complexity index is 973. The highest BCUT2D eigenvalue weighted by molar-refractivity contribution is 5.85. The largest absolute Gasteiger partial charge is 0.345 e. The van der Waals surface area contributed by atoms with Gasteiger partial charge in [0.2, 0.25) is 5.91 Å².